The van der Waals surface area contributed by atoms with E-state index < -0.39 is 0 Å². The first-order valence-electron chi connectivity index (χ1n) is 7.66. The van der Waals surface area contributed by atoms with E-state index in [1.807, 2.05) is 6.07 Å². The first kappa shape index (κ1) is 16.4. The van der Waals surface area contributed by atoms with E-state index in [4.69, 9.17) is 11.0 Å². The fourth-order valence-corrected chi connectivity index (χ4v) is 2.55. The number of nitrogens with zero attached hydrogens (tertiary/aromatic N) is 5. The molecule has 8 nitrogen and oxygen atoms in total. The summed E-state index contributed by atoms with van der Waals surface area (Å²) in [5.41, 5.74) is 7.18. The minimum absolute atomic E-state index is 0.0406. The number of hydrogen-bond acceptors (Lipinski definition) is 6. The van der Waals surface area contributed by atoms with Gasteiger partial charge in [-0.3, -0.25) is 9.59 Å². The summed E-state index contributed by atoms with van der Waals surface area (Å²) in [7, 11) is 1.72. The Hall–Kier alpha value is -3.47. The molecule has 126 valence electrons. The Labute approximate surface area is 144 Å². The number of piperazine rings is 1. The highest BCUT2D eigenvalue weighted by atomic mass is 16.2. The normalized spacial score (nSPS) is 14.3. The SMILES string of the molecule is CN1CCN(C(=O)c2cccc(-c3cnc(N)c(C#N)n3)c2)CC1=O. The van der Waals surface area contributed by atoms with Crippen LogP contribution in [-0.4, -0.2) is 58.3 Å². The highest BCUT2D eigenvalue weighted by Crippen LogP contribution is 2.20. The zero-order valence-corrected chi connectivity index (χ0v) is 13.6. The van der Waals surface area contributed by atoms with Crippen molar-refractivity contribution in [3.8, 4) is 17.3 Å². The maximum absolute atomic E-state index is 12.7. The molecule has 0 atom stereocenters. The molecule has 1 aromatic heterocycles. The molecule has 3 rings (SSSR count). The Balaban J connectivity index is 1.88. The van der Waals surface area contributed by atoms with E-state index in [1.165, 1.54) is 11.1 Å². The van der Waals surface area contributed by atoms with Gasteiger partial charge >= 0.3 is 0 Å². The fraction of sp³-hybridized carbons (Fsp3) is 0.235. The molecule has 1 aliphatic rings. The molecule has 1 aliphatic heterocycles. The number of likely N-dealkylation sites (N-methyl/N-ethyl adjacent to an activating group) is 1. The minimum atomic E-state index is -0.216. The zero-order chi connectivity index (χ0) is 18.0. The lowest BCUT2D eigenvalue weighted by molar-refractivity contribution is -0.133. The van der Waals surface area contributed by atoms with E-state index in [9.17, 15) is 9.59 Å². The van der Waals surface area contributed by atoms with Gasteiger partial charge in [-0.15, -0.1) is 0 Å². The lowest BCUT2D eigenvalue weighted by Crippen LogP contribution is -2.50. The summed E-state index contributed by atoms with van der Waals surface area (Å²) < 4.78 is 0. The standard InChI is InChI=1S/C17H16N6O2/c1-22-5-6-23(10-15(22)24)17(25)12-4-2-3-11(7-12)14-9-20-16(19)13(8-18)21-14/h2-4,7,9H,5-6,10H2,1H3,(H2,19,20). The van der Waals surface area contributed by atoms with Gasteiger partial charge in [-0.1, -0.05) is 12.1 Å². The number of benzene rings is 1. The lowest BCUT2D eigenvalue weighted by Gasteiger charge is -2.32. The summed E-state index contributed by atoms with van der Waals surface area (Å²) in [5.74, 6) is -0.236. The number of nitriles is 1. The van der Waals surface area contributed by atoms with Gasteiger partial charge < -0.3 is 15.5 Å². The van der Waals surface area contributed by atoms with Gasteiger partial charge in [0, 0.05) is 31.3 Å². The van der Waals surface area contributed by atoms with Crippen LogP contribution in [0.3, 0.4) is 0 Å². The Morgan fingerprint density at radius 2 is 2.16 bits per heavy atom. The van der Waals surface area contributed by atoms with Gasteiger partial charge in [0.05, 0.1) is 11.9 Å². The van der Waals surface area contributed by atoms with Gasteiger partial charge in [-0.25, -0.2) is 9.97 Å². The third kappa shape index (κ3) is 3.26. The summed E-state index contributed by atoms with van der Waals surface area (Å²) in [6, 6.07) is 8.74. The fourth-order valence-electron chi connectivity index (χ4n) is 2.55. The number of carbonyl (C=O) groups excluding carboxylic acids is 2. The van der Waals surface area contributed by atoms with Crippen molar-refractivity contribution in [3.05, 3.63) is 41.7 Å². The van der Waals surface area contributed by atoms with E-state index in [2.05, 4.69) is 9.97 Å². The van der Waals surface area contributed by atoms with Crippen molar-refractivity contribution in [1.29, 1.82) is 5.26 Å². The third-order valence-electron chi connectivity index (χ3n) is 4.06. The van der Waals surface area contributed by atoms with Crippen LogP contribution in [0.25, 0.3) is 11.3 Å². The number of rotatable bonds is 2. The van der Waals surface area contributed by atoms with Crippen molar-refractivity contribution in [2.24, 2.45) is 0 Å². The van der Waals surface area contributed by atoms with Crippen LogP contribution in [0.5, 0.6) is 0 Å². The molecule has 25 heavy (non-hydrogen) atoms. The Morgan fingerprint density at radius 3 is 2.88 bits per heavy atom. The smallest absolute Gasteiger partial charge is 0.254 e. The number of amides is 2. The van der Waals surface area contributed by atoms with Crippen LogP contribution < -0.4 is 5.73 Å². The predicted octanol–water partition coefficient (Wildman–Crippen LogP) is 0.512. The Kier molecular flexibility index (Phi) is 4.31. The van der Waals surface area contributed by atoms with Crippen molar-refractivity contribution in [1.82, 2.24) is 19.8 Å². The number of hydrogen-bond donors (Lipinski definition) is 1. The molecule has 2 N–H and O–H groups in total. The van der Waals surface area contributed by atoms with E-state index in [0.29, 0.717) is 29.9 Å². The first-order chi connectivity index (χ1) is 12.0. The maximum atomic E-state index is 12.7. The van der Waals surface area contributed by atoms with Gasteiger partial charge in [-0.05, 0) is 12.1 Å². The summed E-state index contributed by atoms with van der Waals surface area (Å²) in [6.07, 6.45) is 1.46. The molecule has 2 aromatic rings. The Bertz CT molecular complexity index is 889. The molecular weight excluding hydrogens is 320 g/mol. The van der Waals surface area contributed by atoms with Gasteiger partial charge in [0.2, 0.25) is 5.91 Å². The average Bonchev–Trinajstić information content (AvgIpc) is 2.64. The van der Waals surface area contributed by atoms with Crippen LogP contribution in [0.2, 0.25) is 0 Å². The highest BCUT2D eigenvalue weighted by Gasteiger charge is 2.25. The van der Waals surface area contributed by atoms with Gasteiger partial charge in [0.1, 0.15) is 12.6 Å². The largest absolute Gasteiger partial charge is 0.381 e. The number of aromatic nitrogens is 2. The summed E-state index contributed by atoms with van der Waals surface area (Å²) in [5, 5.41) is 9.02. The second-order valence-corrected chi connectivity index (χ2v) is 5.72. The molecule has 2 heterocycles. The molecule has 0 aliphatic carbocycles. The summed E-state index contributed by atoms with van der Waals surface area (Å²) >= 11 is 0. The molecule has 0 radical (unpaired) electrons. The molecule has 2 amide bonds. The van der Waals surface area contributed by atoms with Crippen LogP contribution in [0.1, 0.15) is 16.1 Å². The van der Waals surface area contributed by atoms with Crippen molar-refractivity contribution >= 4 is 17.6 Å². The minimum Gasteiger partial charge on any atom is -0.381 e. The summed E-state index contributed by atoms with van der Waals surface area (Å²) in [4.78, 5) is 35.7. The number of anilines is 1. The van der Waals surface area contributed by atoms with Crippen LogP contribution in [0.4, 0.5) is 5.82 Å². The Morgan fingerprint density at radius 1 is 1.36 bits per heavy atom. The average molecular weight is 336 g/mol. The quantitative estimate of drug-likeness (QED) is 0.854. The van der Waals surface area contributed by atoms with Crippen molar-refractivity contribution in [2.75, 3.05) is 32.4 Å². The van der Waals surface area contributed by atoms with Crippen molar-refractivity contribution in [2.45, 2.75) is 0 Å². The molecule has 0 spiro atoms. The van der Waals surface area contributed by atoms with Crippen LogP contribution in [0, 0.1) is 11.3 Å². The molecule has 8 heteroatoms. The first-order valence-corrected chi connectivity index (χ1v) is 7.66. The van der Waals surface area contributed by atoms with E-state index in [-0.39, 0.29) is 29.9 Å². The second kappa shape index (κ2) is 6.57. The topological polar surface area (TPSA) is 116 Å². The van der Waals surface area contributed by atoms with Crippen LogP contribution in [-0.2, 0) is 4.79 Å². The van der Waals surface area contributed by atoms with E-state index in [0.717, 1.165) is 0 Å². The van der Waals surface area contributed by atoms with Crippen molar-refractivity contribution in [3.63, 3.8) is 0 Å². The molecule has 1 aromatic carbocycles. The van der Waals surface area contributed by atoms with Gasteiger partial charge in [0.25, 0.3) is 5.91 Å². The zero-order valence-electron chi connectivity index (χ0n) is 13.6. The number of nitrogen functional groups attached to an aromatic ring is 1. The molecule has 0 bridgehead atoms. The van der Waals surface area contributed by atoms with E-state index in [1.54, 1.807) is 36.2 Å². The van der Waals surface area contributed by atoms with Crippen LogP contribution in [0.15, 0.2) is 30.5 Å². The molecule has 1 fully saturated rings. The predicted molar refractivity (Wildman–Crippen MR) is 90.1 cm³/mol. The van der Waals surface area contributed by atoms with Crippen LogP contribution >= 0.6 is 0 Å². The van der Waals surface area contributed by atoms with Gasteiger partial charge in [0.15, 0.2) is 11.5 Å². The van der Waals surface area contributed by atoms with Gasteiger partial charge in [-0.2, -0.15) is 5.26 Å². The number of carbonyl (C=O) groups is 2. The molecular formula is C17H16N6O2. The third-order valence-corrected chi connectivity index (χ3v) is 4.06. The monoisotopic (exact) mass is 336 g/mol. The molecule has 0 unspecified atom stereocenters. The molecule has 0 saturated carbocycles. The number of nitrogens with two attached hydrogens (primary N) is 1. The van der Waals surface area contributed by atoms with E-state index >= 15 is 0 Å². The maximum Gasteiger partial charge on any atom is 0.254 e. The van der Waals surface area contributed by atoms with Crippen molar-refractivity contribution < 1.29 is 9.59 Å². The summed E-state index contributed by atoms with van der Waals surface area (Å²) in [6.45, 7) is 1.07. The highest BCUT2D eigenvalue weighted by molar-refractivity contribution is 5.97. The second-order valence-electron chi connectivity index (χ2n) is 5.72. The molecule has 1 saturated heterocycles. The lowest BCUT2D eigenvalue weighted by atomic mass is 10.1.